The van der Waals surface area contributed by atoms with Crippen molar-refractivity contribution >= 4 is 11.8 Å². The number of amides is 2. The average molecular weight is 368 g/mol. The molecule has 1 aromatic carbocycles. The minimum absolute atomic E-state index is 0.0175. The summed E-state index contributed by atoms with van der Waals surface area (Å²) in [6.07, 6.45) is 3.43. The van der Waals surface area contributed by atoms with Crippen LogP contribution in [0.5, 0.6) is 0 Å². The molecule has 2 N–H and O–H groups in total. The summed E-state index contributed by atoms with van der Waals surface area (Å²) in [5, 5.41) is 9.76. The smallest absolute Gasteiger partial charge is 0.223 e. The molecule has 2 saturated heterocycles. The number of carbonyl (C=O) groups excluding carboxylic acids is 2. The summed E-state index contributed by atoms with van der Waals surface area (Å²) in [6.45, 7) is 3.64. The van der Waals surface area contributed by atoms with Crippen molar-refractivity contribution in [3.63, 3.8) is 0 Å². The number of piperidine rings is 2. The normalized spacial score (nSPS) is 20.8. The molecule has 0 aromatic heterocycles. The second-order valence-corrected chi connectivity index (χ2v) is 7.71. The molecule has 0 radical (unpaired) electrons. The Bertz CT molecular complexity index is 697. The van der Waals surface area contributed by atoms with Gasteiger partial charge in [0, 0.05) is 32.0 Å². The first-order valence-corrected chi connectivity index (χ1v) is 9.80. The number of likely N-dealkylation sites (tertiary alicyclic amines) is 2. The van der Waals surface area contributed by atoms with E-state index in [2.05, 4.69) is 11.0 Å². The summed E-state index contributed by atoms with van der Waals surface area (Å²) in [6, 6.07) is 12.4. The third-order valence-electron chi connectivity index (χ3n) is 6.14. The molecule has 0 unspecified atom stereocenters. The highest BCUT2D eigenvalue weighted by Gasteiger charge is 2.37. The maximum Gasteiger partial charge on any atom is 0.223 e. The van der Waals surface area contributed by atoms with Gasteiger partial charge in [0.15, 0.2) is 0 Å². The first-order chi connectivity index (χ1) is 13.0. The lowest BCUT2D eigenvalue weighted by atomic mass is 9.74. The molecule has 1 aromatic rings. The molecule has 0 atom stereocenters. The van der Waals surface area contributed by atoms with E-state index in [9.17, 15) is 14.9 Å². The van der Waals surface area contributed by atoms with Gasteiger partial charge in [0.25, 0.3) is 0 Å². The Labute approximate surface area is 160 Å². The number of hydrogen-bond acceptors (Lipinski definition) is 4. The zero-order chi connectivity index (χ0) is 19.3. The predicted molar refractivity (Wildman–Crippen MR) is 103 cm³/mol. The molecule has 0 saturated carbocycles. The van der Waals surface area contributed by atoms with E-state index in [0.29, 0.717) is 32.4 Å². The number of nitrogens with zero attached hydrogens (tertiary/aromatic N) is 3. The number of benzene rings is 1. The minimum Gasteiger partial charge on any atom is -0.369 e. The molecule has 0 aliphatic carbocycles. The fraction of sp³-hybridized carbons (Fsp3) is 0.571. The Balaban J connectivity index is 1.46. The monoisotopic (exact) mass is 368 g/mol. The van der Waals surface area contributed by atoms with Crippen LogP contribution in [0.3, 0.4) is 0 Å². The molecule has 3 rings (SSSR count). The van der Waals surface area contributed by atoms with Gasteiger partial charge in [-0.2, -0.15) is 5.26 Å². The van der Waals surface area contributed by atoms with Crippen LogP contribution in [0.2, 0.25) is 0 Å². The van der Waals surface area contributed by atoms with E-state index < -0.39 is 5.41 Å². The highest BCUT2D eigenvalue weighted by molar-refractivity contribution is 5.77. The van der Waals surface area contributed by atoms with Gasteiger partial charge < -0.3 is 15.5 Å². The van der Waals surface area contributed by atoms with Crippen LogP contribution in [0.25, 0.3) is 0 Å². The zero-order valence-electron chi connectivity index (χ0n) is 15.8. The van der Waals surface area contributed by atoms with Gasteiger partial charge in [-0.05, 0) is 44.3 Å². The van der Waals surface area contributed by atoms with Gasteiger partial charge in [0.1, 0.15) is 0 Å². The second kappa shape index (κ2) is 8.53. The quantitative estimate of drug-likeness (QED) is 0.856. The third kappa shape index (κ3) is 4.48. The van der Waals surface area contributed by atoms with Crippen LogP contribution in [-0.2, 0) is 15.0 Å². The molecule has 6 heteroatoms. The molecule has 0 bridgehead atoms. The summed E-state index contributed by atoms with van der Waals surface area (Å²) in [4.78, 5) is 28.0. The van der Waals surface area contributed by atoms with Crippen molar-refractivity contribution < 1.29 is 9.59 Å². The number of nitrogens with two attached hydrogens (primary N) is 1. The van der Waals surface area contributed by atoms with E-state index in [1.165, 1.54) is 0 Å². The Morgan fingerprint density at radius 1 is 1.11 bits per heavy atom. The number of rotatable bonds is 5. The summed E-state index contributed by atoms with van der Waals surface area (Å²) < 4.78 is 0. The Morgan fingerprint density at radius 3 is 2.30 bits per heavy atom. The fourth-order valence-corrected chi connectivity index (χ4v) is 4.21. The van der Waals surface area contributed by atoms with E-state index in [4.69, 9.17) is 5.73 Å². The van der Waals surface area contributed by atoms with Crippen molar-refractivity contribution in [2.24, 2.45) is 11.7 Å². The van der Waals surface area contributed by atoms with Gasteiger partial charge in [0.2, 0.25) is 11.8 Å². The molecular weight excluding hydrogens is 340 g/mol. The number of carbonyl (C=O) groups is 2. The first-order valence-electron chi connectivity index (χ1n) is 9.80. The lowest BCUT2D eigenvalue weighted by Crippen LogP contribution is -2.46. The molecule has 2 amide bonds. The van der Waals surface area contributed by atoms with Gasteiger partial charge in [-0.1, -0.05) is 30.3 Å². The van der Waals surface area contributed by atoms with Gasteiger partial charge in [0.05, 0.1) is 11.5 Å². The Hall–Kier alpha value is -2.39. The standard InChI is InChI=1S/C21H28N4O2/c22-16-21(18-4-2-1-3-5-18)9-14-25(15-10-21)19(26)8-13-24-11-6-17(7-12-24)20(23)27/h1-5,17H,6-15H2,(H2,23,27). The molecule has 27 heavy (non-hydrogen) atoms. The van der Waals surface area contributed by atoms with Crippen LogP contribution < -0.4 is 5.73 Å². The molecule has 2 heterocycles. The van der Waals surface area contributed by atoms with Crippen LogP contribution in [0, 0.1) is 17.2 Å². The fourth-order valence-electron chi connectivity index (χ4n) is 4.21. The number of nitriles is 1. The number of primary amides is 1. The van der Waals surface area contributed by atoms with Crippen molar-refractivity contribution in [2.75, 3.05) is 32.7 Å². The van der Waals surface area contributed by atoms with E-state index in [0.717, 1.165) is 38.0 Å². The topological polar surface area (TPSA) is 90.4 Å². The van der Waals surface area contributed by atoms with E-state index >= 15 is 0 Å². The van der Waals surface area contributed by atoms with Crippen LogP contribution in [0.1, 0.15) is 37.7 Å². The Morgan fingerprint density at radius 2 is 1.74 bits per heavy atom. The molecule has 2 fully saturated rings. The minimum atomic E-state index is -0.477. The lowest BCUT2D eigenvalue weighted by molar-refractivity contribution is -0.133. The SMILES string of the molecule is N#CC1(c2ccccc2)CCN(C(=O)CCN2CCC(C(N)=O)CC2)CC1. The molecule has 0 spiro atoms. The summed E-state index contributed by atoms with van der Waals surface area (Å²) in [7, 11) is 0. The molecule has 6 nitrogen and oxygen atoms in total. The average Bonchev–Trinajstić information content (AvgIpc) is 2.73. The van der Waals surface area contributed by atoms with E-state index in [1.807, 2.05) is 35.2 Å². The zero-order valence-corrected chi connectivity index (χ0v) is 15.8. The van der Waals surface area contributed by atoms with Gasteiger partial charge in [-0.15, -0.1) is 0 Å². The summed E-state index contributed by atoms with van der Waals surface area (Å²) in [5.74, 6) is -0.0683. The molecule has 2 aliphatic rings. The third-order valence-corrected chi connectivity index (χ3v) is 6.14. The summed E-state index contributed by atoms with van der Waals surface area (Å²) >= 11 is 0. The maximum atomic E-state index is 12.6. The van der Waals surface area contributed by atoms with Gasteiger partial charge in [-0.25, -0.2) is 0 Å². The van der Waals surface area contributed by atoms with Crippen LogP contribution in [-0.4, -0.2) is 54.3 Å². The largest absolute Gasteiger partial charge is 0.369 e. The van der Waals surface area contributed by atoms with Crippen molar-refractivity contribution in [1.82, 2.24) is 9.80 Å². The first kappa shape index (κ1) is 19.4. The highest BCUT2D eigenvalue weighted by Crippen LogP contribution is 2.35. The van der Waals surface area contributed by atoms with Crippen molar-refractivity contribution in [2.45, 2.75) is 37.5 Å². The van der Waals surface area contributed by atoms with Gasteiger partial charge in [-0.3, -0.25) is 9.59 Å². The molecule has 144 valence electrons. The predicted octanol–water partition coefficient (Wildman–Crippen LogP) is 1.66. The maximum absolute atomic E-state index is 12.6. The van der Waals surface area contributed by atoms with Crippen molar-refractivity contribution in [1.29, 1.82) is 5.26 Å². The highest BCUT2D eigenvalue weighted by atomic mass is 16.2. The van der Waals surface area contributed by atoms with Crippen LogP contribution in [0.15, 0.2) is 30.3 Å². The van der Waals surface area contributed by atoms with Crippen molar-refractivity contribution in [3.8, 4) is 6.07 Å². The molecule has 2 aliphatic heterocycles. The number of hydrogen-bond donors (Lipinski definition) is 1. The summed E-state index contributed by atoms with van der Waals surface area (Å²) in [5.41, 5.74) is 5.94. The van der Waals surface area contributed by atoms with E-state index in [-0.39, 0.29) is 17.7 Å². The van der Waals surface area contributed by atoms with Crippen LogP contribution in [0.4, 0.5) is 0 Å². The lowest BCUT2D eigenvalue weighted by Gasteiger charge is -2.38. The van der Waals surface area contributed by atoms with Crippen LogP contribution >= 0.6 is 0 Å². The molecular formula is C21H28N4O2. The van der Waals surface area contributed by atoms with Crippen molar-refractivity contribution in [3.05, 3.63) is 35.9 Å². The second-order valence-electron chi connectivity index (χ2n) is 7.71. The van der Waals surface area contributed by atoms with Gasteiger partial charge >= 0.3 is 0 Å². The Kier molecular flexibility index (Phi) is 6.12. The van der Waals surface area contributed by atoms with E-state index in [1.54, 1.807) is 0 Å².